The summed E-state index contributed by atoms with van der Waals surface area (Å²) in [6.45, 7) is 6.88. The molecule has 3 atom stereocenters. The lowest BCUT2D eigenvalue weighted by molar-refractivity contribution is -0.141. The van der Waals surface area contributed by atoms with Crippen molar-refractivity contribution in [3.8, 4) is 5.75 Å². The van der Waals surface area contributed by atoms with Crippen molar-refractivity contribution in [2.24, 2.45) is 5.92 Å². The average molecular weight is 604 g/mol. The van der Waals surface area contributed by atoms with Crippen LogP contribution in [0.5, 0.6) is 5.75 Å². The predicted molar refractivity (Wildman–Crippen MR) is 162 cm³/mol. The van der Waals surface area contributed by atoms with Crippen LogP contribution in [0, 0.1) is 5.92 Å². The van der Waals surface area contributed by atoms with E-state index in [2.05, 4.69) is 16.0 Å². The van der Waals surface area contributed by atoms with Crippen LogP contribution in [0.2, 0.25) is 0 Å². The molecule has 0 aliphatic carbocycles. The van der Waals surface area contributed by atoms with Crippen LogP contribution in [0.4, 0.5) is 0 Å². The zero-order chi connectivity index (χ0) is 31.9. The third-order valence-electron chi connectivity index (χ3n) is 7.49. The normalized spacial score (nSPS) is 21.9. The number of benzene rings is 1. The molecule has 1 aliphatic rings. The van der Waals surface area contributed by atoms with E-state index in [4.69, 9.17) is 9.47 Å². The number of methoxy groups -OCH3 is 2. The van der Waals surface area contributed by atoms with Gasteiger partial charge in [-0.3, -0.25) is 24.0 Å². The number of carbonyl (C=O) groups is 5. The molecule has 0 aromatic heterocycles. The standard InChI is InChI=1S/C31H49N5O7/c1-21(2)19-25-30(40)34-26(20-23-10-12-24(43-6)13-11-23)31(41)35(4)22(3)29(39)32-15-8-17-36(28(38)14-18-42-5)16-7-9-27(37)33-25/h10-13,21-22,25-26H,7-9,14-20H2,1-6H3,(H,32,39)(H,33,37)(H,34,40)/t22-,25+,26-/m0/s1. The van der Waals surface area contributed by atoms with Gasteiger partial charge < -0.3 is 35.2 Å². The molecule has 43 heavy (non-hydrogen) atoms. The number of rotatable bonds is 8. The first-order chi connectivity index (χ1) is 20.5. The lowest BCUT2D eigenvalue weighted by atomic mass is 10.00. The highest BCUT2D eigenvalue weighted by molar-refractivity contribution is 5.94. The molecule has 12 heteroatoms. The van der Waals surface area contributed by atoms with Gasteiger partial charge in [-0.2, -0.15) is 0 Å². The van der Waals surface area contributed by atoms with E-state index in [0.29, 0.717) is 44.6 Å². The molecule has 3 N–H and O–H groups in total. The van der Waals surface area contributed by atoms with Crippen molar-refractivity contribution < 1.29 is 33.4 Å². The molecule has 0 unspecified atom stereocenters. The maximum Gasteiger partial charge on any atom is 0.245 e. The van der Waals surface area contributed by atoms with Gasteiger partial charge in [-0.25, -0.2) is 0 Å². The number of nitrogens with one attached hydrogen (secondary N) is 3. The lowest BCUT2D eigenvalue weighted by Crippen LogP contribution is -2.57. The van der Waals surface area contributed by atoms with Gasteiger partial charge in [-0.05, 0) is 49.8 Å². The Labute approximate surface area is 255 Å². The zero-order valence-electron chi connectivity index (χ0n) is 26.4. The van der Waals surface area contributed by atoms with E-state index in [0.717, 1.165) is 5.56 Å². The SMILES string of the molecule is COCCC(=O)N1CCCNC(=O)[C@H](C)N(C)C(=O)[C@H](Cc2ccc(OC)cc2)NC(=O)[C@@H](CC(C)C)NC(=O)CCC1. The Morgan fingerprint density at radius 3 is 2.28 bits per heavy atom. The molecule has 12 nitrogen and oxygen atoms in total. The molecule has 0 saturated carbocycles. The van der Waals surface area contributed by atoms with Crippen molar-refractivity contribution in [1.29, 1.82) is 0 Å². The van der Waals surface area contributed by atoms with E-state index in [-0.39, 0.29) is 49.5 Å². The Morgan fingerprint density at radius 2 is 1.65 bits per heavy atom. The molecule has 1 saturated heterocycles. The van der Waals surface area contributed by atoms with Gasteiger partial charge >= 0.3 is 0 Å². The molecule has 1 aromatic carbocycles. The van der Waals surface area contributed by atoms with Crippen LogP contribution in [-0.2, 0) is 35.1 Å². The molecule has 0 spiro atoms. The van der Waals surface area contributed by atoms with Crippen LogP contribution in [0.25, 0.3) is 0 Å². The zero-order valence-corrected chi connectivity index (χ0v) is 26.4. The highest BCUT2D eigenvalue weighted by atomic mass is 16.5. The minimum Gasteiger partial charge on any atom is -0.497 e. The van der Waals surface area contributed by atoms with Gasteiger partial charge in [0.25, 0.3) is 0 Å². The average Bonchev–Trinajstić information content (AvgIpc) is 2.98. The van der Waals surface area contributed by atoms with Crippen LogP contribution < -0.4 is 20.7 Å². The molecule has 240 valence electrons. The molecule has 1 fully saturated rings. The first kappa shape index (κ1) is 35.5. The number of likely N-dealkylation sites (N-methyl/N-ethyl adjacent to an activating group) is 1. The topological polar surface area (TPSA) is 146 Å². The second-order valence-electron chi connectivity index (χ2n) is 11.4. The minimum atomic E-state index is -0.974. The molecule has 1 aliphatic heterocycles. The van der Waals surface area contributed by atoms with Crippen molar-refractivity contribution in [2.75, 3.05) is 47.5 Å². The minimum absolute atomic E-state index is 0.0879. The summed E-state index contributed by atoms with van der Waals surface area (Å²) in [5, 5.41) is 8.55. The first-order valence-corrected chi connectivity index (χ1v) is 15.0. The fraction of sp³-hybridized carbons (Fsp3) is 0.645. The predicted octanol–water partition coefficient (Wildman–Crippen LogP) is 1.27. The van der Waals surface area contributed by atoms with Gasteiger partial charge in [-0.1, -0.05) is 26.0 Å². The second-order valence-corrected chi connectivity index (χ2v) is 11.4. The summed E-state index contributed by atoms with van der Waals surface area (Å²) < 4.78 is 10.3. The summed E-state index contributed by atoms with van der Waals surface area (Å²) in [5.41, 5.74) is 0.793. The van der Waals surface area contributed by atoms with E-state index >= 15 is 0 Å². The van der Waals surface area contributed by atoms with E-state index in [1.54, 1.807) is 31.1 Å². The fourth-order valence-electron chi connectivity index (χ4n) is 4.82. The fourth-order valence-corrected chi connectivity index (χ4v) is 4.82. The highest BCUT2D eigenvalue weighted by Crippen LogP contribution is 2.15. The number of hydrogen-bond acceptors (Lipinski definition) is 7. The Hall–Kier alpha value is -3.67. The third-order valence-corrected chi connectivity index (χ3v) is 7.49. The van der Waals surface area contributed by atoms with Crippen molar-refractivity contribution in [3.05, 3.63) is 29.8 Å². The van der Waals surface area contributed by atoms with Gasteiger partial charge in [0.1, 0.15) is 23.9 Å². The molecule has 0 bridgehead atoms. The van der Waals surface area contributed by atoms with Crippen molar-refractivity contribution in [3.63, 3.8) is 0 Å². The van der Waals surface area contributed by atoms with Gasteiger partial charge in [0, 0.05) is 46.6 Å². The Balaban J connectivity index is 2.33. The molecular weight excluding hydrogens is 554 g/mol. The van der Waals surface area contributed by atoms with Crippen molar-refractivity contribution in [1.82, 2.24) is 25.8 Å². The Kier molecular flexibility index (Phi) is 15.0. The molecule has 0 radical (unpaired) electrons. The highest BCUT2D eigenvalue weighted by Gasteiger charge is 2.32. The second kappa shape index (κ2) is 18.1. The molecule has 1 aromatic rings. The van der Waals surface area contributed by atoms with E-state index in [1.807, 2.05) is 26.0 Å². The molecular formula is C31H49N5O7. The smallest absolute Gasteiger partial charge is 0.245 e. The van der Waals surface area contributed by atoms with Gasteiger partial charge in [-0.15, -0.1) is 0 Å². The number of hydrogen-bond donors (Lipinski definition) is 3. The van der Waals surface area contributed by atoms with E-state index in [9.17, 15) is 24.0 Å². The molecule has 5 amide bonds. The van der Waals surface area contributed by atoms with Crippen molar-refractivity contribution >= 4 is 29.5 Å². The van der Waals surface area contributed by atoms with Crippen LogP contribution in [-0.4, -0.2) is 105 Å². The number of amides is 5. The number of carbonyl (C=O) groups excluding carboxylic acids is 5. The van der Waals surface area contributed by atoms with Crippen LogP contribution in [0.1, 0.15) is 58.4 Å². The van der Waals surface area contributed by atoms with Gasteiger partial charge in [0.05, 0.1) is 20.1 Å². The number of ether oxygens (including phenoxy) is 2. The summed E-state index contributed by atoms with van der Waals surface area (Å²) >= 11 is 0. The summed E-state index contributed by atoms with van der Waals surface area (Å²) in [6.07, 6.45) is 1.81. The van der Waals surface area contributed by atoms with Crippen LogP contribution in [0.15, 0.2) is 24.3 Å². The van der Waals surface area contributed by atoms with Crippen molar-refractivity contribution in [2.45, 2.75) is 77.4 Å². The Bertz CT molecular complexity index is 1080. The summed E-state index contributed by atoms with van der Waals surface area (Å²) in [7, 11) is 4.62. The van der Waals surface area contributed by atoms with Crippen LogP contribution >= 0.6 is 0 Å². The maximum absolute atomic E-state index is 13.7. The quantitative estimate of drug-likeness (QED) is 0.406. The maximum atomic E-state index is 13.7. The molecule has 1 heterocycles. The van der Waals surface area contributed by atoms with E-state index < -0.39 is 29.9 Å². The van der Waals surface area contributed by atoms with E-state index in [1.165, 1.54) is 19.1 Å². The Morgan fingerprint density at radius 1 is 0.977 bits per heavy atom. The van der Waals surface area contributed by atoms with Gasteiger partial charge in [0.2, 0.25) is 29.5 Å². The lowest BCUT2D eigenvalue weighted by Gasteiger charge is -2.30. The summed E-state index contributed by atoms with van der Waals surface area (Å²) in [4.78, 5) is 68.9. The monoisotopic (exact) mass is 603 g/mol. The first-order valence-electron chi connectivity index (χ1n) is 15.0. The third kappa shape index (κ3) is 11.9. The summed E-state index contributed by atoms with van der Waals surface area (Å²) in [5.74, 6) is -0.898. The summed E-state index contributed by atoms with van der Waals surface area (Å²) in [6, 6.07) is 4.54. The van der Waals surface area contributed by atoms with Crippen LogP contribution in [0.3, 0.4) is 0 Å². The largest absolute Gasteiger partial charge is 0.497 e. The van der Waals surface area contributed by atoms with Gasteiger partial charge in [0.15, 0.2) is 0 Å². The molecule has 2 rings (SSSR count). The number of nitrogens with zero attached hydrogens (tertiary/aromatic N) is 2.